The van der Waals surface area contributed by atoms with Gasteiger partial charge in [-0.2, -0.15) is 0 Å². The van der Waals surface area contributed by atoms with Crippen LogP contribution in [0.15, 0.2) is 0 Å². The molecular formula is C8H18AlB. The van der Waals surface area contributed by atoms with Crippen molar-refractivity contribution in [3.63, 3.8) is 0 Å². The molecule has 0 heterocycles. The molecule has 0 aliphatic rings. The van der Waals surface area contributed by atoms with Crippen LogP contribution in [-0.4, -0.2) is 23.6 Å². The molecule has 0 N–H and O–H groups in total. The molecule has 0 aromatic rings. The van der Waals surface area contributed by atoms with E-state index in [-0.39, 0.29) is 8.41 Å². The van der Waals surface area contributed by atoms with Crippen LogP contribution in [0.5, 0.6) is 0 Å². The Hall–Kier alpha value is 0.597. The minimum Gasteiger partial charge on any atom is -1.00 e. The van der Waals surface area contributed by atoms with Gasteiger partial charge in [0.1, 0.15) is 0 Å². The smallest absolute Gasteiger partial charge is 1.00 e. The summed E-state index contributed by atoms with van der Waals surface area (Å²) < 4.78 is 0. The Bertz CT molecular complexity index is 54.3. The summed E-state index contributed by atoms with van der Waals surface area (Å²) >= 11 is 0.755. The van der Waals surface area contributed by atoms with Gasteiger partial charge in [-0.05, 0) is 0 Å². The van der Waals surface area contributed by atoms with Crippen molar-refractivity contribution in [2.24, 2.45) is 11.8 Å². The summed E-state index contributed by atoms with van der Waals surface area (Å²) in [5, 5.41) is 2.97. The van der Waals surface area contributed by atoms with Crippen molar-refractivity contribution in [3.05, 3.63) is 0 Å². The first kappa shape index (κ1) is 13.2. The van der Waals surface area contributed by atoms with Gasteiger partial charge >= 0.3 is 65.3 Å². The molecule has 2 heteroatoms. The summed E-state index contributed by atoms with van der Waals surface area (Å²) in [6.45, 7) is 9.25. The van der Waals surface area contributed by atoms with Crippen molar-refractivity contribution >= 4 is 23.6 Å². The Labute approximate surface area is 74.1 Å². The van der Waals surface area contributed by atoms with E-state index in [1.165, 1.54) is 10.6 Å². The summed E-state index contributed by atoms with van der Waals surface area (Å²) in [6, 6.07) is 0. The minimum absolute atomic E-state index is 0. The van der Waals surface area contributed by atoms with Crippen LogP contribution in [-0.2, 0) is 0 Å². The van der Waals surface area contributed by atoms with Crippen molar-refractivity contribution in [2.45, 2.75) is 38.3 Å². The number of hydrogen-bond acceptors (Lipinski definition) is 0. The molecule has 0 saturated heterocycles. The van der Waals surface area contributed by atoms with Gasteiger partial charge in [0.2, 0.25) is 0 Å². The zero-order valence-corrected chi connectivity index (χ0v) is 8.88. The van der Waals surface area contributed by atoms with E-state index < -0.39 is 0 Å². The van der Waals surface area contributed by atoms with Gasteiger partial charge in [0, 0.05) is 0 Å². The maximum Gasteiger partial charge on any atom is -1.00 e. The molecule has 0 nitrogen and oxygen atoms in total. The summed E-state index contributed by atoms with van der Waals surface area (Å²) in [6.07, 6.45) is 0. The van der Waals surface area contributed by atoms with Crippen LogP contribution < -0.4 is 0 Å². The number of rotatable bonds is 4. The molecule has 0 aromatic carbocycles. The largest absolute Gasteiger partial charge is 1.00 e. The van der Waals surface area contributed by atoms with Gasteiger partial charge in [-0.25, -0.2) is 0 Å². The molecule has 0 aromatic heterocycles. The van der Waals surface area contributed by atoms with E-state index in [1.807, 2.05) is 0 Å². The second kappa shape index (κ2) is 7.70. The third-order valence-electron chi connectivity index (χ3n) is 1.28. The Morgan fingerprint density at radius 1 is 0.900 bits per heavy atom. The summed E-state index contributed by atoms with van der Waals surface area (Å²) in [4.78, 5) is 0. The van der Waals surface area contributed by atoms with Gasteiger partial charge in [0.05, 0.1) is 0 Å². The standard InChI is InChI=1S/2C4H9.Al.B/c2*1-4(2)3;;/h2*4H,1H2,2-3H3;;/q;;+1;-1. The molecule has 10 heavy (non-hydrogen) atoms. The van der Waals surface area contributed by atoms with E-state index in [1.54, 1.807) is 0 Å². The van der Waals surface area contributed by atoms with Crippen molar-refractivity contribution in [1.82, 2.24) is 0 Å². The quantitative estimate of drug-likeness (QED) is 0.542. The molecule has 56 valence electrons. The summed E-state index contributed by atoms with van der Waals surface area (Å²) in [7, 11) is 0. The van der Waals surface area contributed by atoms with Gasteiger partial charge in [0.15, 0.2) is 0 Å². The van der Waals surface area contributed by atoms with Crippen LogP contribution in [0.4, 0.5) is 0 Å². The van der Waals surface area contributed by atoms with Crippen molar-refractivity contribution in [3.8, 4) is 0 Å². The van der Waals surface area contributed by atoms with Gasteiger partial charge in [-0.3, -0.25) is 0 Å². The Kier molecular flexibility index (Phi) is 10.2. The van der Waals surface area contributed by atoms with Crippen LogP contribution in [0, 0.1) is 11.8 Å². The molecule has 0 unspecified atom stereocenters. The number of hydrogen-bond donors (Lipinski definition) is 0. The zero-order chi connectivity index (χ0) is 7.28. The molecule has 0 aliphatic heterocycles. The van der Waals surface area contributed by atoms with E-state index in [4.69, 9.17) is 0 Å². The molecule has 0 spiro atoms. The van der Waals surface area contributed by atoms with E-state index >= 15 is 0 Å². The minimum atomic E-state index is 0. The molecule has 0 amide bonds. The average molecular weight is 152 g/mol. The molecule has 4 radical (unpaired) electrons. The third kappa shape index (κ3) is 11.4. The van der Waals surface area contributed by atoms with Gasteiger partial charge in [-0.15, -0.1) is 0 Å². The van der Waals surface area contributed by atoms with Crippen LogP contribution in [0.25, 0.3) is 0 Å². The molecular weight excluding hydrogens is 134 g/mol. The monoisotopic (exact) mass is 152 g/mol. The van der Waals surface area contributed by atoms with Gasteiger partial charge in [-0.1, -0.05) is 0 Å². The van der Waals surface area contributed by atoms with Crippen molar-refractivity contribution in [2.75, 3.05) is 0 Å². The van der Waals surface area contributed by atoms with E-state index in [2.05, 4.69) is 27.7 Å². The van der Waals surface area contributed by atoms with Crippen LogP contribution in [0.2, 0.25) is 10.6 Å². The van der Waals surface area contributed by atoms with Gasteiger partial charge < -0.3 is 8.41 Å². The van der Waals surface area contributed by atoms with Crippen molar-refractivity contribution in [1.29, 1.82) is 0 Å². The average Bonchev–Trinajstić information content (AvgIpc) is 1.63. The second-order valence-corrected chi connectivity index (χ2v) is 5.07. The Balaban J connectivity index is 0. The third-order valence-corrected chi connectivity index (χ3v) is 3.83. The fourth-order valence-electron chi connectivity index (χ4n) is 0.763. The Morgan fingerprint density at radius 2 is 1.20 bits per heavy atom. The van der Waals surface area contributed by atoms with E-state index in [0.717, 1.165) is 27.1 Å². The van der Waals surface area contributed by atoms with E-state index in [0.29, 0.717) is 0 Å². The maximum absolute atomic E-state index is 2.31. The second-order valence-electron chi connectivity index (χ2n) is 3.55. The van der Waals surface area contributed by atoms with E-state index in [9.17, 15) is 0 Å². The molecule has 0 atom stereocenters. The molecule has 0 fully saturated rings. The first-order valence-electron chi connectivity index (χ1n) is 3.94. The fourth-order valence-corrected chi connectivity index (χ4v) is 2.29. The molecule has 0 rings (SSSR count). The Morgan fingerprint density at radius 3 is 1.40 bits per heavy atom. The molecule has 0 aliphatic carbocycles. The van der Waals surface area contributed by atoms with Crippen molar-refractivity contribution < 1.29 is 0 Å². The predicted molar refractivity (Wildman–Crippen MR) is 50.8 cm³/mol. The van der Waals surface area contributed by atoms with Gasteiger partial charge in [0.25, 0.3) is 0 Å². The van der Waals surface area contributed by atoms with Crippen LogP contribution >= 0.6 is 0 Å². The predicted octanol–water partition coefficient (Wildman–Crippen LogP) is 2.46. The molecule has 0 bridgehead atoms. The first-order chi connectivity index (χ1) is 4.13. The maximum atomic E-state index is 2.31. The fraction of sp³-hybridized carbons (Fsp3) is 1.00. The van der Waals surface area contributed by atoms with Crippen LogP contribution in [0.3, 0.4) is 0 Å². The summed E-state index contributed by atoms with van der Waals surface area (Å²) in [5.74, 6) is 1.86. The topological polar surface area (TPSA) is 0 Å². The summed E-state index contributed by atoms with van der Waals surface area (Å²) in [5.41, 5.74) is 0. The van der Waals surface area contributed by atoms with Crippen LogP contribution in [0.1, 0.15) is 27.7 Å². The first-order valence-corrected chi connectivity index (χ1v) is 5.58. The SMILES string of the molecule is CC(C)[CH2][Al+][CH2]C(C)C.[B-]. The molecule has 0 saturated carbocycles. The normalized spacial score (nSPS) is 9.40. The zero-order valence-electron chi connectivity index (χ0n) is 7.72.